The van der Waals surface area contributed by atoms with Crippen LogP contribution in [-0.2, 0) is 10.3 Å². The van der Waals surface area contributed by atoms with Crippen LogP contribution in [0.5, 0.6) is 0 Å². The first-order chi connectivity index (χ1) is 10.7. The number of amides is 2. The van der Waals surface area contributed by atoms with Crippen molar-refractivity contribution in [2.45, 2.75) is 37.7 Å². The lowest BCUT2D eigenvalue weighted by Crippen LogP contribution is -2.52. The third-order valence-electron chi connectivity index (χ3n) is 4.80. The Kier molecular flexibility index (Phi) is 4.89. The van der Waals surface area contributed by atoms with Gasteiger partial charge in [-0.3, -0.25) is 0 Å². The molecule has 0 aromatic heterocycles. The van der Waals surface area contributed by atoms with Crippen LogP contribution < -0.4 is 10.6 Å². The largest absolute Gasteiger partial charge is 0.368 e. The number of urea groups is 1. The fourth-order valence-corrected chi connectivity index (χ4v) is 3.52. The van der Waals surface area contributed by atoms with Crippen molar-refractivity contribution in [1.29, 1.82) is 0 Å². The van der Waals surface area contributed by atoms with Crippen LogP contribution in [0.25, 0.3) is 0 Å². The molecule has 0 bridgehead atoms. The Labute approximate surface area is 136 Å². The highest BCUT2D eigenvalue weighted by Gasteiger charge is 2.40. The van der Waals surface area contributed by atoms with Gasteiger partial charge in [-0.2, -0.15) is 0 Å². The van der Waals surface area contributed by atoms with Gasteiger partial charge in [-0.1, -0.05) is 36.6 Å². The van der Waals surface area contributed by atoms with Crippen molar-refractivity contribution in [1.82, 2.24) is 10.6 Å². The lowest BCUT2D eigenvalue weighted by molar-refractivity contribution is -0.149. The van der Waals surface area contributed by atoms with Crippen LogP contribution in [0.3, 0.4) is 0 Å². The predicted octanol–water partition coefficient (Wildman–Crippen LogP) is 3.45. The maximum atomic E-state index is 12.0. The van der Waals surface area contributed by atoms with Crippen molar-refractivity contribution in [2.24, 2.45) is 5.92 Å². The maximum Gasteiger partial charge on any atom is 0.314 e. The molecule has 0 radical (unpaired) electrons. The Morgan fingerprint density at radius 2 is 2.09 bits per heavy atom. The molecule has 5 heteroatoms. The summed E-state index contributed by atoms with van der Waals surface area (Å²) >= 11 is 6.06. The second-order valence-electron chi connectivity index (χ2n) is 6.32. The van der Waals surface area contributed by atoms with E-state index < -0.39 is 5.60 Å². The quantitative estimate of drug-likeness (QED) is 0.872. The van der Waals surface area contributed by atoms with E-state index in [1.54, 1.807) is 0 Å². The summed E-state index contributed by atoms with van der Waals surface area (Å²) < 4.78 is 5.79. The van der Waals surface area contributed by atoms with Gasteiger partial charge in [0.15, 0.2) is 0 Å². The highest BCUT2D eigenvalue weighted by atomic mass is 35.5. The Morgan fingerprint density at radius 1 is 1.32 bits per heavy atom. The van der Waals surface area contributed by atoms with Gasteiger partial charge in [0.1, 0.15) is 5.60 Å². The normalized spacial score (nSPS) is 24.8. The number of rotatable bonds is 5. The van der Waals surface area contributed by atoms with E-state index in [9.17, 15) is 4.79 Å². The number of carbonyl (C=O) groups is 1. The molecule has 1 atom stereocenters. The standard InChI is InChI=1S/C17H23ClN2O2/c18-15-7-3-6-14(10-15)17(8-9-22-17)12-20-16(21)19-11-13-4-1-2-5-13/h3,6-7,10,13H,1-2,4-5,8-9,11-12H2,(H2,19,20,21). The van der Waals surface area contributed by atoms with E-state index in [0.717, 1.165) is 25.1 Å². The van der Waals surface area contributed by atoms with Crippen molar-refractivity contribution >= 4 is 17.6 Å². The van der Waals surface area contributed by atoms with Crippen LogP contribution in [0.1, 0.15) is 37.7 Å². The van der Waals surface area contributed by atoms with E-state index in [1.807, 2.05) is 24.3 Å². The molecule has 120 valence electrons. The predicted molar refractivity (Wildman–Crippen MR) is 87.1 cm³/mol. The number of halogens is 1. The Morgan fingerprint density at radius 3 is 2.73 bits per heavy atom. The molecule has 1 saturated carbocycles. The van der Waals surface area contributed by atoms with E-state index in [-0.39, 0.29) is 6.03 Å². The smallest absolute Gasteiger partial charge is 0.314 e. The molecule has 2 N–H and O–H groups in total. The summed E-state index contributed by atoms with van der Waals surface area (Å²) in [6, 6.07) is 7.58. The minimum absolute atomic E-state index is 0.108. The van der Waals surface area contributed by atoms with Gasteiger partial charge in [0, 0.05) is 18.0 Å². The molecular formula is C17H23ClN2O2. The molecule has 1 aromatic rings. The molecule has 4 nitrogen and oxygen atoms in total. The molecule has 2 fully saturated rings. The minimum Gasteiger partial charge on any atom is -0.368 e. The van der Waals surface area contributed by atoms with Crippen molar-refractivity contribution < 1.29 is 9.53 Å². The van der Waals surface area contributed by atoms with Crippen molar-refractivity contribution in [3.05, 3.63) is 34.9 Å². The Hall–Kier alpha value is -1.26. The van der Waals surface area contributed by atoms with Crippen molar-refractivity contribution in [3.63, 3.8) is 0 Å². The monoisotopic (exact) mass is 322 g/mol. The van der Waals surface area contributed by atoms with Crippen LogP contribution in [0.2, 0.25) is 5.02 Å². The van der Waals surface area contributed by atoms with Gasteiger partial charge in [0.05, 0.1) is 13.2 Å². The topological polar surface area (TPSA) is 50.4 Å². The minimum atomic E-state index is -0.421. The first-order valence-electron chi connectivity index (χ1n) is 8.10. The number of benzene rings is 1. The first kappa shape index (κ1) is 15.6. The van der Waals surface area contributed by atoms with E-state index in [4.69, 9.17) is 16.3 Å². The number of hydrogen-bond donors (Lipinski definition) is 2. The van der Waals surface area contributed by atoms with E-state index >= 15 is 0 Å². The summed E-state index contributed by atoms with van der Waals surface area (Å²) in [6.45, 7) is 1.97. The highest BCUT2D eigenvalue weighted by molar-refractivity contribution is 6.30. The fraction of sp³-hybridized carbons (Fsp3) is 0.588. The Bertz CT molecular complexity index is 525. The molecule has 1 heterocycles. The molecule has 1 aliphatic heterocycles. The number of hydrogen-bond acceptors (Lipinski definition) is 2. The molecular weight excluding hydrogens is 300 g/mol. The number of carbonyl (C=O) groups excluding carboxylic acids is 1. The van der Waals surface area contributed by atoms with Gasteiger partial charge in [-0.25, -0.2) is 4.79 Å². The van der Waals surface area contributed by atoms with Gasteiger partial charge in [0.2, 0.25) is 0 Å². The van der Waals surface area contributed by atoms with Crippen LogP contribution in [0.15, 0.2) is 24.3 Å². The summed E-state index contributed by atoms with van der Waals surface area (Å²) in [7, 11) is 0. The van der Waals surface area contributed by atoms with E-state index in [1.165, 1.54) is 25.7 Å². The molecule has 3 rings (SSSR count). The van der Waals surface area contributed by atoms with E-state index in [2.05, 4.69) is 10.6 Å². The molecule has 22 heavy (non-hydrogen) atoms. The van der Waals surface area contributed by atoms with E-state index in [0.29, 0.717) is 17.5 Å². The second kappa shape index (κ2) is 6.88. The second-order valence-corrected chi connectivity index (χ2v) is 6.75. The molecule has 1 aromatic carbocycles. The lowest BCUT2D eigenvalue weighted by atomic mass is 9.86. The average Bonchev–Trinajstić information content (AvgIpc) is 2.97. The zero-order chi connectivity index (χ0) is 15.4. The summed E-state index contributed by atoms with van der Waals surface area (Å²) in [4.78, 5) is 12.0. The van der Waals surface area contributed by atoms with Gasteiger partial charge in [0.25, 0.3) is 0 Å². The van der Waals surface area contributed by atoms with Crippen molar-refractivity contribution in [2.75, 3.05) is 19.7 Å². The van der Waals surface area contributed by atoms with Crippen LogP contribution >= 0.6 is 11.6 Å². The van der Waals surface area contributed by atoms with Gasteiger partial charge in [-0.05, 0) is 36.5 Å². The molecule has 1 unspecified atom stereocenters. The van der Waals surface area contributed by atoms with Crippen LogP contribution in [0, 0.1) is 5.92 Å². The van der Waals surface area contributed by atoms with Crippen molar-refractivity contribution in [3.8, 4) is 0 Å². The molecule has 2 aliphatic rings. The molecule has 1 aliphatic carbocycles. The molecule has 0 spiro atoms. The number of ether oxygens (including phenoxy) is 1. The fourth-order valence-electron chi connectivity index (χ4n) is 3.33. The summed E-state index contributed by atoms with van der Waals surface area (Å²) in [6.07, 6.45) is 5.95. The maximum absolute atomic E-state index is 12.0. The third kappa shape index (κ3) is 3.55. The van der Waals surface area contributed by atoms with Gasteiger partial charge >= 0.3 is 6.03 Å². The number of nitrogens with one attached hydrogen (secondary N) is 2. The molecule has 2 amide bonds. The lowest BCUT2D eigenvalue weighted by Gasteiger charge is -2.42. The Balaban J connectivity index is 1.51. The highest BCUT2D eigenvalue weighted by Crippen LogP contribution is 2.37. The summed E-state index contributed by atoms with van der Waals surface area (Å²) in [5, 5.41) is 6.62. The van der Waals surface area contributed by atoms with Gasteiger partial charge in [-0.15, -0.1) is 0 Å². The third-order valence-corrected chi connectivity index (χ3v) is 5.03. The zero-order valence-corrected chi connectivity index (χ0v) is 13.5. The SMILES string of the molecule is O=C(NCC1CCCC1)NCC1(c2cccc(Cl)c2)CCO1. The first-order valence-corrected chi connectivity index (χ1v) is 8.47. The van der Waals surface area contributed by atoms with Gasteiger partial charge < -0.3 is 15.4 Å². The zero-order valence-electron chi connectivity index (χ0n) is 12.7. The summed E-state index contributed by atoms with van der Waals surface area (Å²) in [5.41, 5.74) is 0.609. The summed E-state index contributed by atoms with van der Waals surface area (Å²) in [5.74, 6) is 0.646. The average molecular weight is 323 g/mol. The van der Waals surface area contributed by atoms with Crippen LogP contribution in [-0.4, -0.2) is 25.7 Å². The molecule has 1 saturated heterocycles. The van der Waals surface area contributed by atoms with Crippen LogP contribution in [0.4, 0.5) is 4.79 Å².